The summed E-state index contributed by atoms with van der Waals surface area (Å²) in [4.78, 5) is 20.9. The molecule has 0 aromatic heterocycles. The van der Waals surface area contributed by atoms with Gasteiger partial charge in [-0.1, -0.05) is 41.6 Å². The van der Waals surface area contributed by atoms with Crippen LogP contribution in [0.25, 0.3) is 0 Å². The Morgan fingerprint density at radius 3 is 2.53 bits per heavy atom. The van der Waals surface area contributed by atoms with Crippen LogP contribution in [0.15, 0.2) is 53.5 Å². The smallest absolute Gasteiger partial charge is 0.252 e. The minimum Gasteiger partial charge on any atom is -0.378 e. The first-order valence-corrected chi connectivity index (χ1v) is 12.6. The molecule has 4 rings (SSSR count). The maximum absolute atomic E-state index is 12.7. The van der Waals surface area contributed by atoms with Crippen LogP contribution in [0, 0.1) is 0 Å². The monoisotopic (exact) mass is 463 g/mol. The Balaban J connectivity index is 1.64. The van der Waals surface area contributed by atoms with Gasteiger partial charge in [-0.2, -0.15) is 4.99 Å². The lowest BCUT2D eigenvalue weighted by Gasteiger charge is -2.25. The Labute approximate surface area is 185 Å². The first-order valence-electron chi connectivity index (χ1n) is 9.52. The first-order chi connectivity index (χ1) is 14.2. The highest BCUT2D eigenvalue weighted by atomic mass is 35.5. The number of anilines is 2. The largest absolute Gasteiger partial charge is 0.378 e. The molecule has 0 saturated carbocycles. The molecule has 0 bridgehead atoms. The van der Waals surface area contributed by atoms with Crippen molar-refractivity contribution in [3.8, 4) is 0 Å². The van der Waals surface area contributed by atoms with E-state index >= 15 is 0 Å². The molecule has 30 heavy (non-hydrogen) atoms. The number of hydrogen-bond acceptors (Lipinski definition) is 5. The zero-order valence-electron chi connectivity index (χ0n) is 16.7. The Morgan fingerprint density at radius 1 is 1.17 bits per heavy atom. The van der Waals surface area contributed by atoms with E-state index in [-0.39, 0.29) is 35.1 Å². The lowest BCUT2D eigenvalue weighted by Crippen LogP contribution is -2.37. The van der Waals surface area contributed by atoms with Crippen LogP contribution in [-0.4, -0.2) is 56.4 Å². The lowest BCUT2D eigenvalue weighted by atomic mass is 10.1. The number of aliphatic imine (C=N–C) groups is 1. The second-order valence-corrected chi connectivity index (χ2v) is 11.4. The number of sulfone groups is 1. The van der Waals surface area contributed by atoms with E-state index in [9.17, 15) is 13.2 Å². The quantitative estimate of drug-likeness (QED) is 0.693. The van der Waals surface area contributed by atoms with Crippen molar-refractivity contribution < 1.29 is 13.2 Å². The van der Waals surface area contributed by atoms with E-state index in [0.717, 1.165) is 16.9 Å². The molecule has 2 heterocycles. The topological polar surface area (TPSA) is 70.0 Å². The molecule has 1 amide bonds. The van der Waals surface area contributed by atoms with Crippen LogP contribution in [0.2, 0.25) is 5.02 Å². The van der Waals surface area contributed by atoms with E-state index in [1.807, 2.05) is 60.3 Å². The molecule has 158 valence electrons. The highest BCUT2D eigenvalue weighted by Gasteiger charge is 2.49. The fraction of sp³-hybridized carbons (Fsp3) is 0.333. The molecule has 0 radical (unpaired) electrons. The third-order valence-corrected chi connectivity index (χ3v) is 8.81. The molecular formula is C21H22ClN3O3S2. The molecule has 2 aromatic carbocycles. The number of hydrogen-bond donors (Lipinski definition) is 0. The number of halogens is 1. The van der Waals surface area contributed by atoms with Gasteiger partial charge >= 0.3 is 0 Å². The maximum Gasteiger partial charge on any atom is 0.252 e. The van der Waals surface area contributed by atoms with Gasteiger partial charge < -0.3 is 9.80 Å². The van der Waals surface area contributed by atoms with Gasteiger partial charge in [0.05, 0.1) is 24.0 Å². The molecule has 0 unspecified atom stereocenters. The van der Waals surface area contributed by atoms with Crippen LogP contribution in [0.4, 0.5) is 11.4 Å². The van der Waals surface area contributed by atoms with Gasteiger partial charge in [-0.3, -0.25) is 4.79 Å². The molecule has 2 saturated heterocycles. The Bertz CT molecular complexity index is 1100. The number of carbonyl (C=O) groups is 1. The van der Waals surface area contributed by atoms with E-state index in [1.165, 1.54) is 11.8 Å². The van der Waals surface area contributed by atoms with Crippen molar-refractivity contribution in [1.82, 2.24) is 0 Å². The SMILES string of the molecule is CN(C)c1ccc(N2C(=NC(=O)Cc3ccccc3Cl)S[C@H]3CS(=O)(=O)C[C@@H]32)cc1. The molecule has 2 atom stereocenters. The predicted octanol–water partition coefficient (Wildman–Crippen LogP) is 3.25. The van der Waals surface area contributed by atoms with Crippen molar-refractivity contribution in [2.24, 2.45) is 4.99 Å². The van der Waals surface area contributed by atoms with Gasteiger partial charge in [0.1, 0.15) is 0 Å². The van der Waals surface area contributed by atoms with Gasteiger partial charge in [0, 0.05) is 35.7 Å². The van der Waals surface area contributed by atoms with E-state index < -0.39 is 9.84 Å². The highest BCUT2D eigenvalue weighted by molar-refractivity contribution is 8.16. The minimum atomic E-state index is -3.10. The predicted molar refractivity (Wildman–Crippen MR) is 125 cm³/mol. The highest BCUT2D eigenvalue weighted by Crippen LogP contribution is 2.41. The molecule has 0 aliphatic carbocycles. The van der Waals surface area contributed by atoms with Crippen molar-refractivity contribution in [2.45, 2.75) is 17.7 Å². The Hall–Kier alpha value is -2.03. The van der Waals surface area contributed by atoms with Crippen LogP contribution >= 0.6 is 23.4 Å². The van der Waals surface area contributed by atoms with Crippen molar-refractivity contribution in [1.29, 1.82) is 0 Å². The van der Waals surface area contributed by atoms with Gasteiger partial charge in [-0.25, -0.2) is 8.42 Å². The number of nitrogens with zero attached hydrogens (tertiary/aromatic N) is 3. The second-order valence-electron chi connectivity index (χ2n) is 7.64. The number of thioether (sulfide) groups is 1. The molecule has 2 aliphatic rings. The number of rotatable bonds is 4. The summed E-state index contributed by atoms with van der Waals surface area (Å²) in [5.74, 6) is -0.132. The normalized spacial score (nSPS) is 23.6. The van der Waals surface area contributed by atoms with Gasteiger partial charge in [0.2, 0.25) is 0 Å². The molecule has 2 aromatic rings. The fourth-order valence-electron chi connectivity index (χ4n) is 3.73. The number of amides is 1. The van der Waals surface area contributed by atoms with Crippen LogP contribution in [0.5, 0.6) is 0 Å². The average molecular weight is 464 g/mol. The summed E-state index contributed by atoms with van der Waals surface area (Å²) in [5.41, 5.74) is 2.60. The maximum atomic E-state index is 12.7. The summed E-state index contributed by atoms with van der Waals surface area (Å²) in [5, 5.41) is 0.953. The lowest BCUT2D eigenvalue weighted by molar-refractivity contribution is -0.117. The molecule has 9 heteroatoms. The Morgan fingerprint density at radius 2 is 1.87 bits per heavy atom. The van der Waals surface area contributed by atoms with E-state index in [1.54, 1.807) is 12.1 Å². The molecule has 0 spiro atoms. The molecule has 2 aliphatic heterocycles. The van der Waals surface area contributed by atoms with Crippen LogP contribution in [0.3, 0.4) is 0 Å². The minimum absolute atomic E-state index is 0.0673. The summed E-state index contributed by atoms with van der Waals surface area (Å²) in [6, 6.07) is 14.8. The molecular weight excluding hydrogens is 442 g/mol. The third kappa shape index (κ3) is 4.36. The number of carbonyl (C=O) groups excluding carboxylic acids is 1. The second kappa shape index (κ2) is 8.24. The molecule has 6 nitrogen and oxygen atoms in total. The standard InChI is InChI=1S/C21H22ClN3O3S2/c1-24(2)15-7-9-16(10-8-15)25-18-12-30(27,28)13-19(18)29-21(25)23-20(26)11-14-5-3-4-6-17(14)22/h3-10,18-19H,11-13H2,1-2H3/t18-,19-/m0/s1. The summed E-state index contributed by atoms with van der Waals surface area (Å²) in [6.07, 6.45) is 0.102. The third-order valence-electron chi connectivity index (χ3n) is 5.23. The van der Waals surface area contributed by atoms with Gasteiger partial charge in [0.15, 0.2) is 15.0 Å². The summed E-state index contributed by atoms with van der Waals surface area (Å²) in [7, 11) is 0.816. The van der Waals surface area contributed by atoms with Gasteiger partial charge in [-0.05, 0) is 35.9 Å². The first kappa shape index (κ1) is 21.2. The Kier molecular flexibility index (Phi) is 5.83. The number of fused-ring (bicyclic) bond motifs is 1. The van der Waals surface area contributed by atoms with Crippen molar-refractivity contribution >= 4 is 55.6 Å². The summed E-state index contributed by atoms with van der Waals surface area (Å²) < 4.78 is 24.4. The zero-order chi connectivity index (χ0) is 21.5. The van der Waals surface area contributed by atoms with Crippen LogP contribution in [0.1, 0.15) is 5.56 Å². The summed E-state index contributed by atoms with van der Waals surface area (Å²) in [6.45, 7) is 0. The van der Waals surface area contributed by atoms with Crippen molar-refractivity contribution in [3.05, 3.63) is 59.1 Å². The summed E-state index contributed by atoms with van der Waals surface area (Å²) >= 11 is 7.54. The average Bonchev–Trinajstić information content (AvgIpc) is 3.14. The van der Waals surface area contributed by atoms with E-state index in [4.69, 9.17) is 11.6 Å². The van der Waals surface area contributed by atoms with E-state index in [0.29, 0.717) is 10.2 Å². The molecule has 2 fully saturated rings. The van der Waals surface area contributed by atoms with Crippen LogP contribution in [-0.2, 0) is 21.1 Å². The van der Waals surface area contributed by atoms with E-state index in [2.05, 4.69) is 4.99 Å². The van der Waals surface area contributed by atoms with Crippen LogP contribution < -0.4 is 9.80 Å². The zero-order valence-corrected chi connectivity index (χ0v) is 19.0. The number of benzene rings is 2. The fourth-order valence-corrected chi connectivity index (χ4v) is 7.86. The van der Waals surface area contributed by atoms with Gasteiger partial charge in [0.25, 0.3) is 5.91 Å². The number of amidine groups is 1. The van der Waals surface area contributed by atoms with Gasteiger partial charge in [-0.15, -0.1) is 0 Å². The molecule has 0 N–H and O–H groups in total. The van der Waals surface area contributed by atoms with Crippen molar-refractivity contribution in [3.63, 3.8) is 0 Å². The van der Waals surface area contributed by atoms with Crippen molar-refractivity contribution in [2.75, 3.05) is 35.4 Å².